The number of benzene rings is 2. The Morgan fingerprint density at radius 3 is 2.65 bits per heavy atom. The molecule has 2 heterocycles. The third kappa shape index (κ3) is 2.41. The number of hydrogen-bond acceptors (Lipinski definition) is 4. The van der Waals surface area contributed by atoms with E-state index in [9.17, 15) is 4.79 Å². The molecule has 0 bridgehead atoms. The van der Waals surface area contributed by atoms with E-state index in [1.165, 1.54) is 6.33 Å². The van der Waals surface area contributed by atoms with E-state index in [0.717, 1.165) is 0 Å². The number of aromatic nitrogens is 3. The van der Waals surface area contributed by atoms with Crippen LogP contribution in [0.1, 0.15) is 0 Å². The number of fused-ring (bicyclic) bond motifs is 2. The predicted octanol–water partition coefficient (Wildman–Crippen LogP) is 3.92. The standard InChI is InChI=1S/C17H10ClN3O2/c18-16-14-15(22)12-8-11(23-10-4-2-1-3-5-10)6-7-13(12)21-17(14)20-9-19-16/h1-9H,(H,19,20,21,22). The SMILES string of the molecule is O=c1c2cc(Oc3ccccc3)ccc2[nH]c2ncnc(Cl)c12. The molecule has 0 unspecified atom stereocenters. The van der Waals surface area contributed by atoms with Gasteiger partial charge in [-0.1, -0.05) is 29.8 Å². The first-order chi connectivity index (χ1) is 11.2. The Morgan fingerprint density at radius 1 is 1.00 bits per heavy atom. The smallest absolute Gasteiger partial charge is 0.202 e. The number of halogens is 1. The molecule has 5 nitrogen and oxygen atoms in total. The molecule has 0 saturated heterocycles. The van der Waals surface area contributed by atoms with Gasteiger partial charge < -0.3 is 9.72 Å². The van der Waals surface area contributed by atoms with Crippen molar-refractivity contribution >= 4 is 33.5 Å². The lowest BCUT2D eigenvalue weighted by molar-refractivity contribution is 0.483. The fourth-order valence-electron chi connectivity index (χ4n) is 2.43. The van der Waals surface area contributed by atoms with Gasteiger partial charge in [-0.15, -0.1) is 0 Å². The number of H-pyrrole nitrogens is 1. The van der Waals surface area contributed by atoms with E-state index < -0.39 is 0 Å². The van der Waals surface area contributed by atoms with Gasteiger partial charge in [0.15, 0.2) is 0 Å². The van der Waals surface area contributed by atoms with E-state index in [2.05, 4.69) is 15.0 Å². The van der Waals surface area contributed by atoms with E-state index >= 15 is 0 Å². The minimum absolute atomic E-state index is 0.132. The first-order valence-electron chi connectivity index (χ1n) is 6.91. The Kier molecular flexibility index (Phi) is 3.20. The van der Waals surface area contributed by atoms with Crippen molar-refractivity contribution in [2.24, 2.45) is 0 Å². The minimum atomic E-state index is -0.224. The van der Waals surface area contributed by atoms with Gasteiger partial charge >= 0.3 is 0 Å². The van der Waals surface area contributed by atoms with Crippen LogP contribution in [0.3, 0.4) is 0 Å². The Hall–Kier alpha value is -2.92. The molecule has 0 aliphatic carbocycles. The summed E-state index contributed by atoms with van der Waals surface area (Å²) in [7, 11) is 0. The first-order valence-corrected chi connectivity index (χ1v) is 7.29. The average Bonchev–Trinajstić information content (AvgIpc) is 2.56. The first kappa shape index (κ1) is 13.7. The van der Waals surface area contributed by atoms with Gasteiger partial charge in [0.25, 0.3) is 0 Å². The molecule has 112 valence electrons. The third-order valence-electron chi connectivity index (χ3n) is 3.50. The number of ether oxygens (including phenoxy) is 1. The summed E-state index contributed by atoms with van der Waals surface area (Å²) in [6.45, 7) is 0. The Labute approximate surface area is 135 Å². The van der Waals surface area contributed by atoms with Gasteiger partial charge in [0.05, 0.1) is 10.9 Å². The van der Waals surface area contributed by atoms with Crippen LogP contribution in [0.25, 0.3) is 21.9 Å². The van der Waals surface area contributed by atoms with Gasteiger partial charge in [0.2, 0.25) is 5.43 Å². The molecule has 1 N–H and O–H groups in total. The summed E-state index contributed by atoms with van der Waals surface area (Å²) in [5.41, 5.74) is 0.856. The maximum atomic E-state index is 12.7. The van der Waals surface area contributed by atoms with E-state index in [1.54, 1.807) is 18.2 Å². The van der Waals surface area contributed by atoms with E-state index in [4.69, 9.17) is 16.3 Å². The number of para-hydroxylation sites is 1. The molecule has 0 amide bonds. The molecule has 0 aliphatic rings. The topological polar surface area (TPSA) is 67.9 Å². The molecule has 4 aromatic rings. The third-order valence-corrected chi connectivity index (χ3v) is 3.78. The summed E-state index contributed by atoms with van der Waals surface area (Å²) < 4.78 is 5.77. The Morgan fingerprint density at radius 2 is 1.83 bits per heavy atom. The fraction of sp³-hybridized carbons (Fsp3) is 0. The molecule has 0 radical (unpaired) electrons. The number of hydrogen-bond donors (Lipinski definition) is 1. The monoisotopic (exact) mass is 323 g/mol. The quantitative estimate of drug-likeness (QED) is 0.448. The number of nitrogens with zero attached hydrogens (tertiary/aromatic N) is 2. The summed E-state index contributed by atoms with van der Waals surface area (Å²) >= 11 is 6.03. The molecule has 2 aromatic heterocycles. The highest BCUT2D eigenvalue weighted by molar-refractivity contribution is 6.34. The maximum absolute atomic E-state index is 12.7. The van der Waals surface area contributed by atoms with Gasteiger partial charge in [0, 0.05) is 0 Å². The highest BCUT2D eigenvalue weighted by atomic mass is 35.5. The van der Waals surface area contributed by atoms with Crippen LogP contribution in [0, 0.1) is 0 Å². The van der Waals surface area contributed by atoms with E-state index in [-0.39, 0.29) is 16.0 Å². The zero-order chi connectivity index (χ0) is 15.8. The zero-order valence-corrected chi connectivity index (χ0v) is 12.5. The van der Waals surface area contributed by atoms with Crippen molar-refractivity contribution in [1.29, 1.82) is 0 Å². The second kappa shape index (κ2) is 5.37. The van der Waals surface area contributed by atoms with Crippen LogP contribution in [0.15, 0.2) is 59.7 Å². The summed E-state index contributed by atoms with van der Waals surface area (Å²) in [5, 5.41) is 0.883. The minimum Gasteiger partial charge on any atom is -0.457 e. The molecule has 0 spiro atoms. The lowest BCUT2D eigenvalue weighted by Gasteiger charge is -2.07. The molecular weight excluding hydrogens is 314 g/mol. The molecule has 6 heteroatoms. The second-order valence-corrected chi connectivity index (χ2v) is 5.32. The van der Waals surface area contributed by atoms with Gasteiger partial charge in [-0.05, 0) is 30.3 Å². The van der Waals surface area contributed by atoms with Gasteiger partial charge in [-0.25, -0.2) is 9.97 Å². The molecule has 4 rings (SSSR count). The molecule has 2 aromatic carbocycles. The largest absolute Gasteiger partial charge is 0.457 e. The number of pyridine rings is 1. The lowest BCUT2D eigenvalue weighted by Crippen LogP contribution is -2.06. The summed E-state index contributed by atoms with van der Waals surface area (Å²) in [6.07, 6.45) is 1.32. The van der Waals surface area contributed by atoms with Crippen molar-refractivity contribution in [1.82, 2.24) is 15.0 Å². The maximum Gasteiger partial charge on any atom is 0.202 e. The van der Waals surface area contributed by atoms with E-state index in [0.29, 0.717) is 28.0 Å². The van der Waals surface area contributed by atoms with Crippen molar-refractivity contribution in [3.63, 3.8) is 0 Å². The van der Waals surface area contributed by atoms with Crippen molar-refractivity contribution in [2.45, 2.75) is 0 Å². The predicted molar refractivity (Wildman–Crippen MR) is 89.2 cm³/mol. The summed E-state index contributed by atoms with van der Waals surface area (Å²) in [6, 6.07) is 14.6. The van der Waals surface area contributed by atoms with Gasteiger partial charge in [-0.3, -0.25) is 4.79 Å². The Bertz CT molecular complexity index is 1080. The highest BCUT2D eigenvalue weighted by Gasteiger charge is 2.11. The number of nitrogens with one attached hydrogen (secondary N) is 1. The van der Waals surface area contributed by atoms with Crippen LogP contribution in [-0.4, -0.2) is 15.0 Å². The van der Waals surface area contributed by atoms with Gasteiger partial charge in [-0.2, -0.15) is 0 Å². The van der Waals surface area contributed by atoms with Crippen molar-refractivity contribution in [2.75, 3.05) is 0 Å². The normalized spacial score (nSPS) is 11.0. The molecule has 0 aliphatic heterocycles. The second-order valence-electron chi connectivity index (χ2n) is 4.96. The van der Waals surface area contributed by atoms with Crippen LogP contribution >= 0.6 is 11.6 Å². The summed E-state index contributed by atoms with van der Waals surface area (Å²) in [4.78, 5) is 23.7. The fourth-order valence-corrected chi connectivity index (χ4v) is 2.65. The number of rotatable bonds is 2. The molecule has 0 fully saturated rings. The zero-order valence-electron chi connectivity index (χ0n) is 11.8. The van der Waals surface area contributed by atoms with Crippen LogP contribution in [0.4, 0.5) is 0 Å². The molecule has 0 atom stereocenters. The lowest BCUT2D eigenvalue weighted by atomic mass is 10.1. The van der Waals surface area contributed by atoms with Gasteiger partial charge in [0.1, 0.15) is 34.0 Å². The summed E-state index contributed by atoms with van der Waals surface area (Å²) in [5.74, 6) is 1.27. The van der Waals surface area contributed by atoms with E-state index in [1.807, 2.05) is 30.3 Å². The van der Waals surface area contributed by atoms with Crippen LogP contribution in [0.2, 0.25) is 5.15 Å². The van der Waals surface area contributed by atoms with Crippen molar-refractivity contribution in [3.8, 4) is 11.5 Å². The van der Waals surface area contributed by atoms with Crippen LogP contribution in [-0.2, 0) is 0 Å². The van der Waals surface area contributed by atoms with Crippen LogP contribution < -0.4 is 10.2 Å². The van der Waals surface area contributed by atoms with Crippen molar-refractivity contribution < 1.29 is 4.74 Å². The number of aromatic amines is 1. The van der Waals surface area contributed by atoms with Crippen molar-refractivity contribution in [3.05, 3.63) is 70.2 Å². The highest BCUT2D eigenvalue weighted by Crippen LogP contribution is 2.25. The molecule has 0 saturated carbocycles. The van der Waals surface area contributed by atoms with Crippen LogP contribution in [0.5, 0.6) is 11.5 Å². The molecular formula is C17H10ClN3O2. The Balaban J connectivity index is 1.91. The average molecular weight is 324 g/mol. The molecule has 23 heavy (non-hydrogen) atoms.